The number of carbonyl (C=O) groups is 2. The fourth-order valence-corrected chi connectivity index (χ4v) is 8.11. The number of esters is 1. The maximum Gasteiger partial charge on any atom is 0.311 e. The Morgan fingerprint density at radius 1 is 0.708 bits per heavy atom. The Morgan fingerprint density at radius 2 is 1.33 bits per heavy atom. The summed E-state index contributed by atoms with van der Waals surface area (Å²) < 4.78 is 5.87. The topological polar surface area (TPSA) is 46.6 Å². The van der Waals surface area contributed by atoms with Crippen molar-refractivity contribution >= 4 is 23.1 Å². The third-order valence-electron chi connectivity index (χ3n) is 10.3. The summed E-state index contributed by atoms with van der Waals surface area (Å²) in [4.78, 5) is 29.3. The molecule has 1 aromatic heterocycles. The average molecular weight is 680 g/mol. The van der Waals surface area contributed by atoms with Crippen LogP contribution in [0.2, 0.25) is 0 Å². The van der Waals surface area contributed by atoms with Crippen molar-refractivity contribution in [2.24, 2.45) is 0 Å². The van der Waals surface area contributed by atoms with Crippen LogP contribution in [0.1, 0.15) is 178 Å². The Balaban J connectivity index is 1.19. The summed E-state index contributed by atoms with van der Waals surface area (Å²) in [6, 6.07) is 11.1. The average Bonchev–Trinajstić information content (AvgIpc) is 3.62. The highest BCUT2D eigenvalue weighted by molar-refractivity contribution is 7.09. The number of fused-ring (bicyclic) bond motifs is 1. The molecule has 0 saturated carbocycles. The van der Waals surface area contributed by atoms with Gasteiger partial charge in [0.25, 0.3) is 0 Å². The molecule has 0 spiro atoms. The highest BCUT2D eigenvalue weighted by atomic mass is 32.1. The first-order chi connectivity index (χ1) is 23.6. The number of nitrogens with zero attached hydrogens (tertiary/aromatic N) is 1. The molecule has 4 nitrogen and oxygen atoms in total. The van der Waals surface area contributed by atoms with Crippen LogP contribution in [0.4, 0.5) is 0 Å². The van der Waals surface area contributed by atoms with Crippen LogP contribution in [-0.2, 0) is 28.9 Å². The maximum atomic E-state index is 12.7. The smallest absolute Gasteiger partial charge is 0.311 e. The van der Waals surface area contributed by atoms with Crippen LogP contribution in [0, 0.1) is 0 Å². The minimum atomic E-state index is -0.209. The largest absolute Gasteiger partial charge is 0.426 e. The lowest BCUT2D eigenvalue weighted by atomic mass is 9.86. The Bertz CT molecular complexity index is 1110. The molecule has 1 unspecified atom stereocenters. The summed E-state index contributed by atoms with van der Waals surface area (Å²) in [6.45, 7) is 6.77. The van der Waals surface area contributed by atoms with Crippen molar-refractivity contribution in [3.05, 3.63) is 51.7 Å². The Hall–Kier alpha value is -1.98. The Kier molecular flexibility index (Phi) is 21.8. The first kappa shape index (κ1) is 40.4. The van der Waals surface area contributed by atoms with Crippen LogP contribution in [0.25, 0.3) is 0 Å². The van der Waals surface area contributed by atoms with E-state index in [2.05, 4.69) is 42.3 Å². The van der Waals surface area contributed by atoms with Crippen LogP contribution in [-0.4, -0.2) is 35.8 Å². The summed E-state index contributed by atoms with van der Waals surface area (Å²) in [6.07, 6.45) is 30.3. The predicted molar refractivity (Wildman–Crippen MR) is 205 cm³/mol. The molecule has 0 N–H and O–H groups in total. The van der Waals surface area contributed by atoms with Crippen LogP contribution < -0.4 is 4.74 Å². The monoisotopic (exact) mass is 679 g/mol. The molecule has 48 heavy (non-hydrogen) atoms. The molecule has 1 aliphatic carbocycles. The second-order valence-electron chi connectivity index (χ2n) is 14.4. The van der Waals surface area contributed by atoms with Gasteiger partial charge in [0.2, 0.25) is 0 Å². The summed E-state index contributed by atoms with van der Waals surface area (Å²) in [7, 11) is 0. The molecule has 1 heterocycles. The molecule has 5 heteroatoms. The van der Waals surface area contributed by atoms with Crippen molar-refractivity contribution in [3.63, 3.8) is 0 Å². The van der Waals surface area contributed by atoms with E-state index in [1.807, 2.05) is 23.5 Å². The second-order valence-corrected chi connectivity index (χ2v) is 15.5. The molecule has 0 fully saturated rings. The third kappa shape index (κ3) is 17.1. The second kappa shape index (κ2) is 25.9. The van der Waals surface area contributed by atoms with Gasteiger partial charge in [-0.1, -0.05) is 135 Å². The van der Waals surface area contributed by atoms with E-state index in [1.165, 1.54) is 112 Å². The number of hydrogen-bond donors (Lipinski definition) is 0. The van der Waals surface area contributed by atoms with Gasteiger partial charge in [0.1, 0.15) is 11.5 Å². The van der Waals surface area contributed by atoms with Gasteiger partial charge in [0.05, 0.1) is 0 Å². The van der Waals surface area contributed by atoms with Gasteiger partial charge in [-0.15, -0.1) is 11.3 Å². The van der Waals surface area contributed by atoms with Gasteiger partial charge in [0, 0.05) is 36.7 Å². The number of carbonyl (C=O) groups excluding carboxylic acids is 2. The van der Waals surface area contributed by atoms with Crippen molar-refractivity contribution in [2.75, 3.05) is 13.1 Å². The van der Waals surface area contributed by atoms with Crippen molar-refractivity contribution in [1.82, 2.24) is 4.90 Å². The lowest BCUT2D eigenvalue weighted by molar-refractivity contribution is -0.134. The molecule has 0 radical (unpaired) electrons. The van der Waals surface area contributed by atoms with E-state index >= 15 is 0 Å². The Labute approximate surface area is 298 Å². The minimum absolute atomic E-state index is 0.209. The number of rotatable bonds is 29. The number of hydrogen-bond acceptors (Lipinski definition) is 5. The van der Waals surface area contributed by atoms with Crippen LogP contribution in [0.3, 0.4) is 0 Å². The number of Topliss-reactive ketones (excluding diaryl/α,β-unsaturated/α-hetero) is 1. The lowest BCUT2D eigenvalue weighted by Gasteiger charge is -2.35. The van der Waals surface area contributed by atoms with Crippen molar-refractivity contribution in [1.29, 1.82) is 0 Å². The summed E-state index contributed by atoms with van der Waals surface area (Å²) in [5.74, 6) is 0.814. The highest BCUT2D eigenvalue weighted by Crippen LogP contribution is 2.32. The zero-order valence-corrected chi connectivity index (χ0v) is 31.7. The van der Waals surface area contributed by atoms with Gasteiger partial charge in [-0.3, -0.25) is 14.5 Å². The van der Waals surface area contributed by atoms with E-state index < -0.39 is 0 Å². The molecule has 1 atom stereocenters. The van der Waals surface area contributed by atoms with Gasteiger partial charge in [-0.2, -0.15) is 0 Å². The van der Waals surface area contributed by atoms with E-state index in [0.717, 1.165) is 63.8 Å². The van der Waals surface area contributed by atoms with Crippen molar-refractivity contribution in [2.45, 2.75) is 187 Å². The fraction of sp³-hybridized carbons (Fsp3) is 0.721. The van der Waals surface area contributed by atoms with Gasteiger partial charge in [0.15, 0.2) is 0 Å². The molecule has 270 valence electrons. The van der Waals surface area contributed by atoms with Crippen LogP contribution in [0.5, 0.6) is 5.75 Å². The standard InChI is InChI=1S/C43H69NO3S/c1-3-5-6-7-8-9-10-11-12-13-14-15-16-17-18-19-20-25-39(45)26-22-29-43(46)47-42-28-21-24-37-36-38(30-31-41(37)42)44(33-4-2)34-32-40-27-23-35-48-40/h21,23-24,27-28,35,38H,3-20,22,25-26,29-34,36H2,1-2H3. The zero-order valence-electron chi connectivity index (χ0n) is 30.9. The number of benzene rings is 1. The van der Waals surface area contributed by atoms with E-state index in [1.54, 1.807) is 0 Å². The Morgan fingerprint density at radius 3 is 1.94 bits per heavy atom. The summed E-state index contributed by atoms with van der Waals surface area (Å²) in [5, 5.41) is 2.17. The number of ether oxygens (including phenoxy) is 1. The normalized spacial score (nSPS) is 14.4. The van der Waals surface area contributed by atoms with Gasteiger partial charge in [-0.05, 0) is 80.1 Å². The molecular weight excluding hydrogens is 611 g/mol. The molecule has 0 aliphatic heterocycles. The number of thiophene rings is 1. The van der Waals surface area contributed by atoms with Crippen LogP contribution in [0.15, 0.2) is 35.7 Å². The molecule has 3 rings (SSSR count). The molecular formula is C43H69NO3S. The van der Waals surface area contributed by atoms with E-state index in [0.29, 0.717) is 37.5 Å². The molecule has 0 amide bonds. The molecule has 1 aromatic carbocycles. The molecule has 2 aromatic rings. The summed E-state index contributed by atoms with van der Waals surface area (Å²) in [5.41, 5.74) is 2.52. The van der Waals surface area contributed by atoms with Gasteiger partial charge >= 0.3 is 5.97 Å². The zero-order chi connectivity index (χ0) is 34.1. The molecule has 1 aliphatic rings. The van der Waals surface area contributed by atoms with E-state index in [4.69, 9.17) is 4.74 Å². The minimum Gasteiger partial charge on any atom is -0.426 e. The highest BCUT2D eigenvalue weighted by Gasteiger charge is 2.26. The number of ketones is 1. The maximum absolute atomic E-state index is 12.7. The first-order valence-corrected chi connectivity index (χ1v) is 21.1. The quantitative estimate of drug-likeness (QED) is 0.0488. The van der Waals surface area contributed by atoms with Gasteiger partial charge in [-0.25, -0.2) is 0 Å². The SMILES string of the molecule is CCCCCCCCCCCCCCCCCCCC(=O)CCCC(=O)Oc1cccc2c1CCC(N(CCC)CCc1cccs1)C2. The first-order valence-electron chi connectivity index (χ1n) is 20.2. The third-order valence-corrected chi connectivity index (χ3v) is 11.2. The van der Waals surface area contributed by atoms with Crippen LogP contribution >= 0.6 is 11.3 Å². The lowest BCUT2D eigenvalue weighted by Crippen LogP contribution is -2.41. The van der Waals surface area contributed by atoms with E-state index in [9.17, 15) is 9.59 Å². The number of unbranched alkanes of at least 4 members (excludes halogenated alkanes) is 16. The predicted octanol–water partition coefficient (Wildman–Crippen LogP) is 12.2. The van der Waals surface area contributed by atoms with E-state index in [-0.39, 0.29) is 5.97 Å². The molecule has 0 saturated heterocycles. The molecule has 0 bridgehead atoms. The van der Waals surface area contributed by atoms with Gasteiger partial charge < -0.3 is 4.74 Å². The van der Waals surface area contributed by atoms with Crippen molar-refractivity contribution in [3.8, 4) is 5.75 Å². The summed E-state index contributed by atoms with van der Waals surface area (Å²) >= 11 is 1.85. The fourth-order valence-electron chi connectivity index (χ4n) is 7.41. The van der Waals surface area contributed by atoms with Crippen molar-refractivity contribution < 1.29 is 14.3 Å².